The third kappa shape index (κ3) is 2.64. The Morgan fingerprint density at radius 1 is 1.30 bits per heavy atom. The third-order valence-corrected chi connectivity index (χ3v) is 5.96. The van der Waals surface area contributed by atoms with Gasteiger partial charge in [-0.15, -0.1) is 11.3 Å². The highest BCUT2D eigenvalue weighted by Crippen LogP contribution is 2.28. The zero-order valence-electron chi connectivity index (χ0n) is 11.7. The van der Waals surface area contributed by atoms with E-state index >= 15 is 0 Å². The number of rotatable bonds is 4. The average molecular weight is 312 g/mol. The van der Waals surface area contributed by atoms with Gasteiger partial charge in [0.15, 0.2) is 5.13 Å². The van der Waals surface area contributed by atoms with E-state index in [4.69, 9.17) is 4.74 Å². The smallest absolute Gasteiger partial charge is 0.266 e. The molecule has 0 fully saturated rings. The van der Waals surface area contributed by atoms with Crippen LogP contribution in [0.4, 0.5) is 5.13 Å². The lowest BCUT2D eigenvalue weighted by Crippen LogP contribution is -2.27. The molecule has 0 radical (unpaired) electrons. The molecule has 0 bridgehead atoms. The highest BCUT2D eigenvalue weighted by atomic mass is 32.2. The van der Waals surface area contributed by atoms with E-state index in [-0.39, 0.29) is 4.90 Å². The molecule has 0 atom stereocenters. The Morgan fingerprint density at radius 3 is 2.50 bits per heavy atom. The van der Waals surface area contributed by atoms with Gasteiger partial charge in [0.2, 0.25) is 0 Å². The molecule has 0 unspecified atom stereocenters. The van der Waals surface area contributed by atoms with Crippen LogP contribution in [0.1, 0.15) is 11.3 Å². The number of thiazole rings is 1. The number of sulfonamides is 1. The molecule has 2 aromatic rings. The number of benzene rings is 1. The van der Waals surface area contributed by atoms with Gasteiger partial charge in [-0.25, -0.2) is 17.7 Å². The van der Waals surface area contributed by atoms with Crippen molar-refractivity contribution < 1.29 is 13.2 Å². The minimum absolute atomic E-state index is 0.258. The fourth-order valence-corrected chi connectivity index (χ4v) is 4.12. The number of nitrogens with zero attached hydrogens (tertiary/aromatic N) is 2. The van der Waals surface area contributed by atoms with Crippen molar-refractivity contribution in [3.63, 3.8) is 0 Å². The Bertz CT molecular complexity index is 723. The van der Waals surface area contributed by atoms with Crippen LogP contribution in [0.15, 0.2) is 28.5 Å². The molecule has 0 aliphatic carbocycles. The van der Waals surface area contributed by atoms with Gasteiger partial charge in [0.25, 0.3) is 10.0 Å². The summed E-state index contributed by atoms with van der Waals surface area (Å²) >= 11 is 1.30. The maximum atomic E-state index is 12.6. The van der Waals surface area contributed by atoms with Crippen molar-refractivity contribution in [2.45, 2.75) is 18.7 Å². The van der Waals surface area contributed by atoms with Crippen LogP contribution >= 0.6 is 11.3 Å². The van der Waals surface area contributed by atoms with Gasteiger partial charge in [-0.05, 0) is 37.6 Å². The fraction of sp³-hybridized carbons (Fsp3) is 0.308. The van der Waals surface area contributed by atoms with Gasteiger partial charge in [0.1, 0.15) is 5.75 Å². The normalized spacial score (nSPS) is 11.4. The van der Waals surface area contributed by atoms with Crippen LogP contribution in [0, 0.1) is 13.8 Å². The summed E-state index contributed by atoms with van der Waals surface area (Å²) in [7, 11) is -0.548. The highest BCUT2D eigenvalue weighted by Gasteiger charge is 2.25. The summed E-state index contributed by atoms with van der Waals surface area (Å²) in [6.45, 7) is 3.58. The van der Waals surface area contributed by atoms with E-state index in [1.54, 1.807) is 32.2 Å². The first kappa shape index (κ1) is 14.8. The van der Waals surface area contributed by atoms with E-state index in [1.165, 1.54) is 22.7 Å². The van der Waals surface area contributed by atoms with Gasteiger partial charge < -0.3 is 4.74 Å². The Kier molecular flexibility index (Phi) is 4.01. The molecule has 1 heterocycles. The Balaban J connectivity index is 2.44. The fourth-order valence-electron chi connectivity index (χ4n) is 1.77. The number of methoxy groups -OCH3 is 1. The summed E-state index contributed by atoms with van der Waals surface area (Å²) in [5.41, 5.74) is 1.45. The largest absolute Gasteiger partial charge is 0.497 e. The van der Waals surface area contributed by atoms with Crippen molar-refractivity contribution in [1.29, 1.82) is 0 Å². The van der Waals surface area contributed by atoms with E-state index in [2.05, 4.69) is 4.98 Å². The van der Waals surface area contributed by atoms with Crippen LogP contribution in [-0.2, 0) is 10.0 Å². The third-order valence-electron chi connectivity index (χ3n) is 2.90. The van der Waals surface area contributed by atoms with Crippen LogP contribution in [0.25, 0.3) is 0 Å². The number of aryl methyl sites for hydroxylation is 2. The summed E-state index contributed by atoms with van der Waals surface area (Å²) in [5, 5.41) is 2.28. The van der Waals surface area contributed by atoms with E-state index in [9.17, 15) is 8.42 Å². The maximum Gasteiger partial charge on any atom is 0.266 e. The van der Waals surface area contributed by atoms with Crippen molar-refractivity contribution in [3.05, 3.63) is 34.8 Å². The maximum absolute atomic E-state index is 12.6. The quantitative estimate of drug-likeness (QED) is 0.870. The molecule has 1 aromatic heterocycles. The van der Waals surface area contributed by atoms with E-state index in [1.807, 2.05) is 12.3 Å². The molecule has 0 amide bonds. The predicted octanol–water partition coefficient (Wildman–Crippen LogP) is 2.59. The monoisotopic (exact) mass is 312 g/mol. The van der Waals surface area contributed by atoms with Gasteiger partial charge in [-0.1, -0.05) is 0 Å². The van der Waals surface area contributed by atoms with Crippen molar-refractivity contribution >= 4 is 26.5 Å². The van der Waals surface area contributed by atoms with Gasteiger partial charge in [0.05, 0.1) is 17.7 Å². The molecule has 0 spiro atoms. The summed E-state index contributed by atoms with van der Waals surface area (Å²) in [6.07, 6.45) is 0. The molecule has 108 valence electrons. The lowest BCUT2D eigenvalue weighted by Gasteiger charge is -2.18. The first-order valence-electron chi connectivity index (χ1n) is 5.92. The minimum atomic E-state index is -3.61. The highest BCUT2D eigenvalue weighted by molar-refractivity contribution is 7.93. The summed E-state index contributed by atoms with van der Waals surface area (Å²) in [6, 6.07) is 4.90. The number of aromatic nitrogens is 1. The van der Waals surface area contributed by atoms with Gasteiger partial charge in [-0.2, -0.15) is 0 Å². The van der Waals surface area contributed by atoms with Crippen LogP contribution in [-0.4, -0.2) is 27.6 Å². The molecular weight excluding hydrogens is 296 g/mol. The van der Waals surface area contributed by atoms with E-state index in [0.717, 1.165) is 5.69 Å². The van der Waals surface area contributed by atoms with Crippen molar-refractivity contribution in [2.24, 2.45) is 0 Å². The van der Waals surface area contributed by atoms with Crippen LogP contribution in [0.3, 0.4) is 0 Å². The van der Waals surface area contributed by atoms with Gasteiger partial charge >= 0.3 is 0 Å². The van der Waals surface area contributed by atoms with Crippen molar-refractivity contribution in [2.75, 3.05) is 18.5 Å². The molecule has 0 aliphatic rings. The molecule has 7 heteroatoms. The molecule has 2 rings (SSSR count). The first-order chi connectivity index (χ1) is 9.36. The van der Waals surface area contributed by atoms with Gasteiger partial charge in [0, 0.05) is 12.4 Å². The summed E-state index contributed by atoms with van der Waals surface area (Å²) in [5.74, 6) is 0.634. The Hall–Kier alpha value is -1.60. The standard InChI is InChI=1S/C13H16N2O3S2/c1-9-7-11(18-4)5-6-12(9)20(16,17)15(3)13-14-10(2)8-19-13/h5-8H,1-4H3. The molecule has 0 aliphatic heterocycles. The van der Waals surface area contributed by atoms with Crippen LogP contribution in [0.5, 0.6) is 5.75 Å². The first-order valence-corrected chi connectivity index (χ1v) is 8.24. The van der Waals surface area contributed by atoms with Gasteiger partial charge in [-0.3, -0.25) is 0 Å². The summed E-state index contributed by atoms with van der Waals surface area (Å²) in [4.78, 5) is 4.46. The second-order valence-electron chi connectivity index (χ2n) is 4.38. The molecule has 0 saturated carbocycles. The second-order valence-corrected chi connectivity index (χ2v) is 7.15. The lowest BCUT2D eigenvalue weighted by atomic mass is 10.2. The predicted molar refractivity (Wildman–Crippen MR) is 80.2 cm³/mol. The summed E-state index contributed by atoms with van der Waals surface area (Å²) < 4.78 is 31.5. The number of anilines is 1. The Labute approximate surface area is 122 Å². The number of ether oxygens (including phenoxy) is 1. The van der Waals surface area contributed by atoms with Crippen LogP contribution < -0.4 is 9.04 Å². The van der Waals surface area contributed by atoms with Crippen molar-refractivity contribution in [1.82, 2.24) is 4.98 Å². The second kappa shape index (κ2) is 5.41. The van der Waals surface area contributed by atoms with E-state index < -0.39 is 10.0 Å². The molecule has 20 heavy (non-hydrogen) atoms. The molecule has 0 N–H and O–H groups in total. The topological polar surface area (TPSA) is 59.5 Å². The lowest BCUT2D eigenvalue weighted by molar-refractivity contribution is 0.414. The number of hydrogen-bond donors (Lipinski definition) is 0. The SMILES string of the molecule is COc1ccc(S(=O)(=O)N(C)c2nc(C)cs2)c(C)c1. The molecular formula is C13H16N2O3S2. The van der Waals surface area contributed by atoms with E-state index in [0.29, 0.717) is 16.4 Å². The number of hydrogen-bond acceptors (Lipinski definition) is 5. The minimum Gasteiger partial charge on any atom is -0.497 e. The molecule has 1 aromatic carbocycles. The zero-order chi connectivity index (χ0) is 14.9. The average Bonchev–Trinajstić information content (AvgIpc) is 2.83. The Morgan fingerprint density at radius 2 is 2.00 bits per heavy atom. The van der Waals surface area contributed by atoms with Crippen molar-refractivity contribution in [3.8, 4) is 5.75 Å². The van der Waals surface area contributed by atoms with Crippen LogP contribution in [0.2, 0.25) is 0 Å². The molecule has 5 nitrogen and oxygen atoms in total. The zero-order valence-corrected chi connectivity index (χ0v) is 13.4. The molecule has 0 saturated heterocycles.